The molecule has 0 bridgehead atoms. The molecule has 3 aromatic rings. The number of nitrogens with one attached hydrogen (secondary N) is 1. The first-order chi connectivity index (χ1) is 9.31. The van der Waals surface area contributed by atoms with Gasteiger partial charge < -0.3 is 9.15 Å². The van der Waals surface area contributed by atoms with Gasteiger partial charge in [-0.2, -0.15) is 0 Å². The van der Waals surface area contributed by atoms with Gasteiger partial charge in [0.25, 0.3) is 0 Å². The Kier molecular flexibility index (Phi) is 3.06. The molecule has 0 unspecified atom stereocenters. The van der Waals surface area contributed by atoms with Gasteiger partial charge in [-0.15, -0.1) is 0 Å². The molecule has 1 N–H and O–H groups in total. The largest absolute Gasteiger partial charge is 0.493 e. The number of rotatable bonds is 4. The predicted molar refractivity (Wildman–Crippen MR) is 72.5 cm³/mol. The highest BCUT2D eigenvalue weighted by Crippen LogP contribution is 2.18. The van der Waals surface area contributed by atoms with Crippen LogP contribution >= 0.6 is 0 Å². The molecule has 0 amide bonds. The quantitative estimate of drug-likeness (QED) is 0.779. The molecule has 2 aromatic carbocycles. The molecular weight excluding hydrogens is 242 g/mol. The molecule has 0 aliphatic heterocycles. The maximum Gasteiger partial charge on any atom is 0.417 e. The van der Waals surface area contributed by atoms with E-state index in [-0.39, 0.29) is 0 Å². The molecule has 0 spiro atoms. The van der Waals surface area contributed by atoms with Gasteiger partial charge in [-0.1, -0.05) is 30.3 Å². The van der Waals surface area contributed by atoms with Crippen LogP contribution in [0.1, 0.15) is 5.56 Å². The lowest BCUT2D eigenvalue weighted by atomic mass is 10.2. The number of aromatic amines is 1. The maximum atomic E-state index is 11.0. The van der Waals surface area contributed by atoms with Crippen LogP contribution in [0.15, 0.2) is 57.7 Å². The van der Waals surface area contributed by atoms with Crippen LogP contribution < -0.4 is 10.5 Å². The van der Waals surface area contributed by atoms with Gasteiger partial charge in [0, 0.05) is 12.5 Å². The van der Waals surface area contributed by atoms with E-state index in [1.165, 1.54) is 5.56 Å². The standard InChI is InChI=1S/C15H13NO3/c17-15-16-13-7-6-12(10-14(13)19-15)18-9-8-11-4-2-1-3-5-11/h1-7,10H,8-9H2,(H,16,17). The van der Waals surface area contributed by atoms with E-state index >= 15 is 0 Å². The Morgan fingerprint density at radius 3 is 2.79 bits per heavy atom. The minimum atomic E-state index is -0.448. The van der Waals surface area contributed by atoms with Crippen LogP contribution in [-0.4, -0.2) is 11.6 Å². The first kappa shape index (κ1) is 11.6. The fourth-order valence-electron chi connectivity index (χ4n) is 1.95. The molecule has 0 atom stereocenters. The number of hydrogen-bond acceptors (Lipinski definition) is 3. The average molecular weight is 255 g/mol. The van der Waals surface area contributed by atoms with Crippen LogP contribution in [0.25, 0.3) is 11.1 Å². The van der Waals surface area contributed by atoms with Crippen molar-refractivity contribution >= 4 is 11.1 Å². The second-order valence-electron chi connectivity index (χ2n) is 4.26. The third-order valence-corrected chi connectivity index (χ3v) is 2.89. The molecule has 0 radical (unpaired) electrons. The van der Waals surface area contributed by atoms with Gasteiger partial charge in [-0.05, 0) is 17.7 Å². The van der Waals surface area contributed by atoms with Gasteiger partial charge >= 0.3 is 5.76 Å². The summed E-state index contributed by atoms with van der Waals surface area (Å²) in [6, 6.07) is 15.5. The molecule has 4 heteroatoms. The summed E-state index contributed by atoms with van der Waals surface area (Å²) < 4.78 is 10.6. The highest BCUT2D eigenvalue weighted by Gasteiger charge is 2.02. The predicted octanol–water partition coefficient (Wildman–Crippen LogP) is 2.74. The summed E-state index contributed by atoms with van der Waals surface area (Å²) in [5.74, 6) is 0.252. The lowest BCUT2D eigenvalue weighted by Gasteiger charge is -2.05. The van der Waals surface area contributed by atoms with E-state index in [4.69, 9.17) is 9.15 Å². The summed E-state index contributed by atoms with van der Waals surface area (Å²) in [6.07, 6.45) is 0.843. The Morgan fingerprint density at radius 2 is 1.95 bits per heavy atom. The lowest BCUT2D eigenvalue weighted by molar-refractivity contribution is 0.322. The van der Waals surface area contributed by atoms with E-state index in [9.17, 15) is 4.79 Å². The van der Waals surface area contributed by atoms with E-state index in [1.54, 1.807) is 12.1 Å². The molecule has 96 valence electrons. The van der Waals surface area contributed by atoms with Crippen molar-refractivity contribution in [2.75, 3.05) is 6.61 Å². The summed E-state index contributed by atoms with van der Waals surface area (Å²) in [6.45, 7) is 0.587. The second-order valence-corrected chi connectivity index (χ2v) is 4.26. The number of fused-ring (bicyclic) bond motifs is 1. The fourth-order valence-corrected chi connectivity index (χ4v) is 1.95. The normalized spacial score (nSPS) is 10.7. The van der Waals surface area contributed by atoms with Crippen molar-refractivity contribution in [3.05, 3.63) is 64.6 Å². The molecule has 0 fully saturated rings. The zero-order chi connectivity index (χ0) is 13.1. The van der Waals surface area contributed by atoms with Gasteiger partial charge in [-0.3, -0.25) is 4.98 Å². The third kappa shape index (κ3) is 2.68. The van der Waals surface area contributed by atoms with Gasteiger partial charge in [0.15, 0.2) is 5.58 Å². The SMILES string of the molecule is O=c1[nH]c2ccc(OCCc3ccccc3)cc2o1. The van der Waals surface area contributed by atoms with Crippen molar-refractivity contribution in [3.63, 3.8) is 0 Å². The van der Waals surface area contributed by atoms with Crippen molar-refractivity contribution in [1.29, 1.82) is 0 Å². The molecule has 3 rings (SSSR count). The summed E-state index contributed by atoms with van der Waals surface area (Å²) in [5.41, 5.74) is 2.43. The number of H-pyrrole nitrogens is 1. The van der Waals surface area contributed by atoms with Crippen LogP contribution in [0.3, 0.4) is 0 Å². The molecule has 0 saturated carbocycles. The minimum absolute atomic E-state index is 0.448. The molecule has 0 aliphatic carbocycles. The Morgan fingerprint density at radius 1 is 1.11 bits per heavy atom. The van der Waals surface area contributed by atoms with Crippen LogP contribution in [0.5, 0.6) is 5.75 Å². The molecule has 0 aliphatic rings. The molecule has 1 heterocycles. The Hall–Kier alpha value is -2.49. The zero-order valence-electron chi connectivity index (χ0n) is 10.3. The summed E-state index contributed by atoms with van der Waals surface area (Å²) >= 11 is 0. The van der Waals surface area contributed by atoms with E-state index in [0.717, 1.165) is 6.42 Å². The lowest BCUT2D eigenvalue weighted by Crippen LogP contribution is -2.00. The summed E-state index contributed by atoms with van der Waals surface area (Å²) in [4.78, 5) is 13.6. The topological polar surface area (TPSA) is 55.2 Å². The van der Waals surface area contributed by atoms with E-state index in [0.29, 0.717) is 23.5 Å². The second kappa shape index (κ2) is 5.02. The number of oxazole rings is 1. The van der Waals surface area contributed by atoms with Crippen LogP contribution in [0, 0.1) is 0 Å². The van der Waals surface area contributed by atoms with Crippen LogP contribution in [0.4, 0.5) is 0 Å². The highest BCUT2D eigenvalue weighted by atomic mass is 16.5. The zero-order valence-corrected chi connectivity index (χ0v) is 10.3. The van der Waals surface area contributed by atoms with E-state index < -0.39 is 5.76 Å². The van der Waals surface area contributed by atoms with Crippen molar-refractivity contribution < 1.29 is 9.15 Å². The molecule has 1 aromatic heterocycles. The Balaban J connectivity index is 1.66. The molecule has 19 heavy (non-hydrogen) atoms. The van der Waals surface area contributed by atoms with Gasteiger partial charge in [0.2, 0.25) is 0 Å². The minimum Gasteiger partial charge on any atom is -0.493 e. The van der Waals surface area contributed by atoms with Gasteiger partial charge in [0.05, 0.1) is 12.1 Å². The number of aromatic nitrogens is 1. The Labute approximate surface area is 109 Å². The highest BCUT2D eigenvalue weighted by molar-refractivity contribution is 5.73. The van der Waals surface area contributed by atoms with Crippen molar-refractivity contribution in [1.82, 2.24) is 4.98 Å². The number of ether oxygens (including phenoxy) is 1. The monoisotopic (exact) mass is 255 g/mol. The maximum absolute atomic E-state index is 11.0. The van der Waals surface area contributed by atoms with E-state index in [2.05, 4.69) is 17.1 Å². The van der Waals surface area contributed by atoms with Crippen LogP contribution in [0.2, 0.25) is 0 Å². The molecular formula is C15H13NO3. The first-order valence-corrected chi connectivity index (χ1v) is 6.11. The van der Waals surface area contributed by atoms with Gasteiger partial charge in [0.1, 0.15) is 5.75 Å². The number of hydrogen-bond donors (Lipinski definition) is 1. The van der Waals surface area contributed by atoms with Gasteiger partial charge in [-0.25, -0.2) is 4.79 Å². The van der Waals surface area contributed by atoms with E-state index in [1.807, 2.05) is 24.3 Å². The third-order valence-electron chi connectivity index (χ3n) is 2.89. The Bertz CT molecular complexity index is 728. The molecule has 4 nitrogen and oxygen atoms in total. The number of benzene rings is 2. The summed E-state index contributed by atoms with van der Waals surface area (Å²) in [5, 5.41) is 0. The fraction of sp³-hybridized carbons (Fsp3) is 0.133. The smallest absolute Gasteiger partial charge is 0.417 e. The summed E-state index contributed by atoms with van der Waals surface area (Å²) in [7, 11) is 0. The molecule has 0 saturated heterocycles. The van der Waals surface area contributed by atoms with Crippen molar-refractivity contribution in [2.45, 2.75) is 6.42 Å². The van der Waals surface area contributed by atoms with Crippen LogP contribution in [-0.2, 0) is 6.42 Å². The van der Waals surface area contributed by atoms with Crippen molar-refractivity contribution in [2.24, 2.45) is 0 Å². The van der Waals surface area contributed by atoms with Crippen molar-refractivity contribution in [3.8, 4) is 5.75 Å². The first-order valence-electron chi connectivity index (χ1n) is 6.11. The average Bonchev–Trinajstić information content (AvgIpc) is 2.79.